The molecule has 0 aliphatic carbocycles. The maximum absolute atomic E-state index is 12.1. The first-order valence-electron chi connectivity index (χ1n) is 5.64. The fraction of sp³-hybridized carbons (Fsp3) is 0.0667. The topological polar surface area (TPSA) is 34.1 Å². The quantitative estimate of drug-likeness (QED) is 0.569. The summed E-state index contributed by atoms with van der Waals surface area (Å²) in [6, 6.07) is 14.1. The summed E-state index contributed by atoms with van der Waals surface area (Å²) in [5.74, 6) is -0.349. The summed E-state index contributed by atoms with van der Waals surface area (Å²) >= 11 is 6.65. The summed E-state index contributed by atoms with van der Waals surface area (Å²) in [6.45, 7) is 0. The predicted molar refractivity (Wildman–Crippen MR) is 81.6 cm³/mol. The second-order valence-corrected chi connectivity index (χ2v) is 5.88. The second kappa shape index (κ2) is 6.26. The number of ketones is 2. The third-order valence-corrected chi connectivity index (χ3v) is 3.52. The van der Waals surface area contributed by atoms with E-state index in [0.717, 1.165) is 8.95 Å². The third kappa shape index (κ3) is 3.85. The number of halogens is 2. The molecule has 2 aromatic rings. The second-order valence-electron chi connectivity index (χ2n) is 4.05. The average Bonchev–Trinajstić information content (AvgIpc) is 2.38. The van der Waals surface area contributed by atoms with E-state index in [1.54, 1.807) is 36.4 Å². The van der Waals surface area contributed by atoms with Crippen LogP contribution in [0.4, 0.5) is 0 Å². The van der Waals surface area contributed by atoms with E-state index in [9.17, 15) is 9.59 Å². The van der Waals surface area contributed by atoms with Gasteiger partial charge < -0.3 is 0 Å². The molecule has 0 aliphatic rings. The first-order chi connectivity index (χ1) is 9.06. The van der Waals surface area contributed by atoms with E-state index < -0.39 is 0 Å². The van der Waals surface area contributed by atoms with Gasteiger partial charge >= 0.3 is 0 Å². The molecule has 0 radical (unpaired) electrons. The first-order valence-corrected chi connectivity index (χ1v) is 7.22. The summed E-state index contributed by atoms with van der Waals surface area (Å²) in [7, 11) is 0. The van der Waals surface area contributed by atoms with Gasteiger partial charge in [0.2, 0.25) is 0 Å². The van der Waals surface area contributed by atoms with Gasteiger partial charge in [-0.2, -0.15) is 0 Å². The lowest BCUT2D eigenvalue weighted by Gasteiger charge is -2.03. The normalized spacial score (nSPS) is 10.2. The molecule has 2 aromatic carbocycles. The van der Waals surface area contributed by atoms with Crippen LogP contribution in [0.25, 0.3) is 0 Å². The minimum atomic E-state index is -0.184. The van der Waals surface area contributed by atoms with Crippen LogP contribution >= 0.6 is 31.9 Å². The Morgan fingerprint density at radius 2 is 1.32 bits per heavy atom. The van der Waals surface area contributed by atoms with Crippen LogP contribution in [0.3, 0.4) is 0 Å². The van der Waals surface area contributed by atoms with Crippen molar-refractivity contribution in [3.05, 3.63) is 68.6 Å². The Balaban J connectivity index is 2.15. The lowest BCUT2D eigenvalue weighted by Crippen LogP contribution is -2.08. The molecule has 2 nitrogen and oxygen atoms in total. The molecule has 0 spiro atoms. The van der Waals surface area contributed by atoms with Crippen molar-refractivity contribution >= 4 is 43.4 Å². The van der Waals surface area contributed by atoms with Crippen molar-refractivity contribution in [1.29, 1.82) is 0 Å². The highest BCUT2D eigenvalue weighted by Gasteiger charge is 2.14. The number of rotatable bonds is 4. The minimum absolute atomic E-state index is 0.118. The predicted octanol–water partition coefficient (Wildman–Crippen LogP) is 4.67. The van der Waals surface area contributed by atoms with E-state index in [1.165, 1.54) is 0 Å². The van der Waals surface area contributed by atoms with Crippen LogP contribution in [0.2, 0.25) is 0 Å². The lowest BCUT2D eigenvalue weighted by atomic mass is 10.0. The van der Waals surface area contributed by atoms with Crippen LogP contribution in [0, 0.1) is 0 Å². The number of carbonyl (C=O) groups is 2. The van der Waals surface area contributed by atoms with Gasteiger partial charge in [0.1, 0.15) is 0 Å². The molecule has 19 heavy (non-hydrogen) atoms. The Hall–Kier alpha value is -1.26. The highest BCUT2D eigenvalue weighted by atomic mass is 79.9. The molecule has 0 bridgehead atoms. The maximum atomic E-state index is 12.1. The van der Waals surface area contributed by atoms with Crippen molar-refractivity contribution in [3.63, 3.8) is 0 Å². The number of hydrogen-bond acceptors (Lipinski definition) is 2. The molecule has 0 amide bonds. The molecule has 96 valence electrons. The Bertz CT molecular complexity index is 601. The molecule has 0 saturated heterocycles. The zero-order valence-corrected chi connectivity index (χ0v) is 13.1. The van der Waals surface area contributed by atoms with Crippen molar-refractivity contribution in [2.24, 2.45) is 0 Å². The van der Waals surface area contributed by atoms with E-state index in [-0.39, 0.29) is 18.0 Å². The SMILES string of the molecule is O=C(CC(=O)c1cc(Br)cc(Br)c1)c1ccccc1. The molecular weight excluding hydrogens is 372 g/mol. The van der Waals surface area contributed by atoms with Crippen LogP contribution < -0.4 is 0 Å². The van der Waals surface area contributed by atoms with Gasteiger partial charge in [0, 0.05) is 20.1 Å². The molecule has 4 heteroatoms. The highest BCUT2D eigenvalue weighted by Crippen LogP contribution is 2.21. The van der Waals surface area contributed by atoms with Crippen molar-refractivity contribution in [2.75, 3.05) is 0 Å². The van der Waals surface area contributed by atoms with Gasteiger partial charge in [-0.3, -0.25) is 9.59 Å². The van der Waals surface area contributed by atoms with Crippen LogP contribution in [0.1, 0.15) is 27.1 Å². The largest absolute Gasteiger partial charge is 0.294 e. The number of hydrogen-bond donors (Lipinski definition) is 0. The molecule has 0 atom stereocenters. The van der Waals surface area contributed by atoms with Crippen molar-refractivity contribution in [1.82, 2.24) is 0 Å². The van der Waals surface area contributed by atoms with Crippen molar-refractivity contribution in [2.45, 2.75) is 6.42 Å². The van der Waals surface area contributed by atoms with Gasteiger partial charge in [-0.15, -0.1) is 0 Å². The molecule has 0 aromatic heterocycles. The van der Waals surface area contributed by atoms with Crippen LogP contribution in [-0.2, 0) is 0 Å². The van der Waals surface area contributed by atoms with Crippen LogP contribution in [0.5, 0.6) is 0 Å². The zero-order valence-electron chi connectivity index (χ0n) is 9.90. The number of carbonyl (C=O) groups excluding carboxylic acids is 2. The summed E-state index contributed by atoms with van der Waals surface area (Å²) in [5, 5.41) is 0. The molecule has 0 N–H and O–H groups in total. The monoisotopic (exact) mass is 380 g/mol. The van der Waals surface area contributed by atoms with Crippen molar-refractivity contribution < 1.29 is 9.59 Å². The van der Waals surface area contributed by atoms with E-state index in [4.69, 9.17) is 0 Å². The smallest absolute Gasteiger partial charge is 0.170 e. The molecule has 2 rings (SSSR count). The van der Waals surface area contributed by atoms with Gasteiger partial charge in [0.15, 0.2) is 11.6 Å². The summed E-state index contributed by atoms with van der Waals surface area (Å²) in [5.41, 5.74) is 1.08. The molecule has 0 saturated carbocycles. The van der Waals surface area contributed by atoms with Crippen LogP contribution in [-0.4, -0.2) is 11.6 Å². The fourth-order valence-electron chi connectivity index (χ4n) is 1.69. The molecule has 0 unspecified atom stereocenters. The summed E-state index contributed by atoms with van der Waals surface area (Å²) < 4.78 is 1.61. The van der Waals surface area contributed by atoms with Crippen molar-refractivity contribution in [3.8, 4) is 0 Å². The average molecular weight is 382 g/mol. The van der Waals surface area contributed by atoms with E-state index in [0.29, 0.717) is 11.1 Å². The zero-order chi connectivity index (χ0) is 13.8. The van der Waals surface area contributed by atoms with Gasteiger partial charge in [-0.25, -0.2) is 0 Å². The fourth-order valence-corrected chi connectivity index (χ4v) is 2.98. The van der Waals surface area contributed by atoms with Gasteiger partial charge in [0.25, 0.3) is 0 Å². The minimum Gasteiger partial charge on any atom is -0.294 e. The van der Waals surface area contributed by atoms with Gasteiger partial charge in [-0.05, 0) is 18.2 Å². The van der Waals surface area contributed by atoms with E-state index >= 15 is 0 Å². The molecular formula is C15H10Br2O2. The molecule has 0 aliphatic heterocycles. The standard InChI is InChI=1S/C15H10Br2O2/c16-12-6-11(7-13(17)8-12)15(19)9-14(18)10-4-2-1-3-5-10/h1-8H,9H2. The maximum Gasteiger partial charge on any atom is 0.170 e. The highest BCUT2D eigenvalue weighted by molar-refractivity contribution is 9.11. The number of benzene rings is 2. The van der Waals surface area contributed by atoms with E-state index in [1.807, 2.05) is 12.1 Å². The molecule has 0 heterocycles. The Labute approximate surface area is 128 Å². The van der Waals surface area contributed by atoms with Gasteiger partial charge in [-0.1, -0.05) is 62.2 Å². The Morgan fingerprint density at radius 1 is 0.789 bits per heavy atom. The van der Waals surface area contributed by atoms with Crippen LogP contribution in [0.15, 0.2) is 57.5 Å². The first kappa shape index (κ1) is 14.2. The molecule has 0 fully saturated rings. The van der Waals surface area contributed by atoms with Gasteiger partial charge in [0.05, 0.1) is 6.42 Å². The van der Waals surface area contributed by atoms with E-state index in [2.05, 4.69) is 31.9 Å². The number of Topliss-reactive ketones (excluding diaryl/α,β-unsaturated/α-hetero) is 2. The Morgan fingerprint density at radius 3 is 1.89 bits per heavy atom. The lowest BCUT2D eigenvalue weighted by molar-refractivity contribution is 0.0894. The third-order valence-electron chi connectivity index (χ3n) is 2.60. The Kier molecular flexibility index (Phi) is 4.66. The summed E-state index contributed by atoms with van der Waals surface area (Å²) in [6.07, 6.45) is -0.118. The summed E-state index contributed by atoms with van der Waals surface area (Å²) in [4.78, 5) is 24.0.